The van der Waals surface area contributed by atoms with E-state index in [-0.39, 0.29) is 11.7 Å². The smallest absolute Gasteiger partial charge is 0.237 e. The SMILES string of the molecule is CC(Sc1ccccc1F)C(=O)Nc1ccc(N)cc1. The highest BCUT2D eigenvalue weighted by atomic mass is 32.2. The predicted octanol–water partition coefficient (Wildman–Crippen LogP) is 3.53. The lowest BCUT2D eigenvalue weighted by molar-refractivity contribution is -0.115. The molecule has 0 heterocycles. The van der Waals surface area contributed by atoms with Crippen molar-refractivity contribution in [2.45, 2.75) is 17.1 Å². The van der Waals surface area contributed by atoms with E-state index < -0.39 is 5.25 Å². The molecule has 0 fully saturated rings. The molecule has 20 heavy (non-hydrogen) atoms. The number of nitrogens with one attached hydrogen (secondary N) is 1. The minimum atomic E-state index is -0.399. The quantitative estimate of drug-likeness (QED) is 0.669. The van der Waals surface area contributed by atoms with E-state index >= 15 is 0 Å². The fourth-order valence-electron chi connectivity index (χ4n) is 1.59. The number of thioether (sulfide) groups is 1. The lowest BCUT2D eigenvalue weighted by Gasteiger charge is -2.12. The van der Waals surface area contributed by atoms with Crippen LogP contribution in [-0.4, -0.2) is 11.2 Å². The Bertz CT molecular complexity index is 601. The summed E-state index contributed by atoms with van der Waals surface area (Å²) in [5.74, 6) is -0.493. The van der Waals surface area contributed by atoms with Crippen molar-refractivity contribution in [3.05, 3.63) is 54.3 Å². The molecule has 0 aliphatic heterocycles. The summed E-state index contributed by atoms with van der Waals surface area (Å²) < 4.78 is 13.5. The number of hydrogen-bond acceptors (Lipinski definition) is 3. The lowest BCUT2D eigenvalue weighted by Crippen LogP contribution is -2.22. The van der Waals surface area contributed by atoms with Gasteiger partial charge in [0.25, 0.3) is 0 Å². The van der Waals surface area contributed by atoms with E-state index in [0.29, 0.717) is 16.3 Å². The third kappa shape index (κ3) is 3.74. The van der Waals surface area contributed by atoms with E-state index in [1.54, 1.807) is 49.4 Å². The number of hydrogen-bond donors (Lipinski definition) is 2. The van der Waals surface area contributed by atoms with Gasteiger partial charge in [-0.15, -0.1) is 11.8 Å². The minimum Gasteiger partial charge on any atom is -0.399 e. The van der Waals surface area contributed by atoms with Gasteiger partial charge in [-0.3, -0.25) is 4.79 Å². The molecular formula is C15H15FN2OS. The van der Waals surface area contributed by atoms with Crippen LogP contribution in [0.15, 0.2) is 53.4 Å². The molecule has 0 saturated carbocycles. The molecule has 1 amide bonds. The van der Waals surface area contributed by atoms with E-state index in [4.69, 9.17) is 5.73 Å². The zero-order valence-corrected chi connectivity index (χ0v) is 11.8. The standard InChI is InChI=1S/C15H15FN2OS/c1-10(20-14-5-3-2-4-13(14)16)15(19)18-12-8-6-11(17)7-9-12/h2-10H,17H2,1H3,(H,18,19). The monoisotopic (exact) mass is 290 g/mol. The van der Waals surface area contributed by atoms with Crippen LogP contribution in [0.25, 0.3) is 0 Å². The van der Waals surface area contributed by atoms with Crippen molar-refractivity contribution in [3.63, 3.8) is 0 Å². The average Bonchev–Trinajstić information content (AvgIpc) is 2.44. The molecule has 3 N–H and O–H groups in total. The fourth-order valence-corrected chi connectivity index (χ4v) is 2.48. The normalized spacial score (nSPS) is 11.9. The summed E-state index contributed by atoms with van der Waals surface area (Å²) in [5, 5.41) is 2.37. The molecule has 0 aliphatic carbocycles. The first-order chi connectivity index (χ1) is 9.56. The molecule has 3 nitrogen and oxygen atoms in total. The highest BCUT2D eigenvalue weighted by Crippen LogP contribution is 2.26. The number of carbonyl (C=O) groups excluding carboxylic acids is 1. The highest BCUT2D eigenvalue weighted by molar-refractivity contribution is 8.00. The van der Waals surface area contributed by atoms with Gasteiger partial charge in [-0.2, -0.15) is 0 Å². The Morgan fingerprint density at radius 1 is 1.20 bits per heavy atom. The van der Waals surface area contributed by atoms with E-state index in [9.17, 15) is 9.18 Å². The van der Waals surface area contributed by atoms with Crippen LogP contribution in [0.1, 0.15) is 6.92 Å². The largest absolute Gasteiger partial charge is 0.399 e. The number of anilines is 2. The Morgan fingerprint density at radius 3 is 2.50 bits per heavy atom. The van der Waals surface area contributed by atoms with Gasteiger partial charge in [0, 0.05) is 16.3 Å². The van der Waals surface area contributed by atoms with Gasteiger partial charge in [-0.25, -0.2) is 4.39 Å². The summed E-state index contributed by atoms with van der Waals surface area (Å²) in [6, 6.07) is 13.3. The number of nitrogens with two attached hydrogens (primary N) is 1. The summed E-state index contributed by atoms with van der Waals surface area (Å²) in [6.07, 6.45) is 0. The number of rotatable bonds is 4. The molecule has 2 aromatic rings. The van der Waals surface area contributed by atoms with Crippen LogP contribution in [0.3, 0.4) is 0 Å². The van der Waals surface area contributed by atoms with Crippen molar-refractivity contribution in [2.75, 3.05) is 11.1 Å². The third-order valence-corrected chi connectivity index (χ3v) is 3.84. The predicted molar refractivity (Wildman–Crippen MR) is 81.2 cm³/mol. The topological polar surface area (TPSA) is 55.1 Å². The van der Waals surface area contributed by atoms with Crippen molar-refractivity contribution >= 4 is 29.0 Å². The lowest BCUT2D eigenvalue weighted by atomic mass is 10.3. The van der Waals surface area contributed by atoms with Crippen LogP contribution < -0.4 is 11.1 Å². The van der Waals surface area contributed by atoms with Crippen LogP contribution >= 0.6 is 11.8 Å². The first-order valence-electron chi connectivity index (χ1n) is 6.14. The Hall–Kier alpha value is -2.01. The summed E-state index contributed by atoms with van der Waals surface area (Å²) in [7, 11) is 0. The summed E-state index contributed by atoms with van der Waals surface area (Å²) >= 11 is 1.19. The van der Waals surface area contributed by atoms with Crippen LogP contribution in [-0.2, 0) is 4.79 Å². The average molecular weight is 290 g/mol. The van der Waals surface area contributed by atoms with E-state index in [1.807, 2.05) is 0 Å². The molecule has 0 bridgehead atoms. The van der Waals surface area contributed by atoms with Gasteiger partial charge in [0.15, 0.2) is 0 Å². The maximum absolute atomic E-state index is 13.5. The van der Waals surface area contributed by atoms with Crippen LogP contribution in [0.5, 0.6) is 0 Å². The maximum atomic E-state index is 13.5. The van der Waals surface area contributed by atoms with Crippen LogP contribution in [0.2, 0.25) is 0 Å². The molecule has 104 valence electrons. The maximum Gasteiger partial charge on any atom is 0.237 e. The number of halogens is 1. The molecule has 5 heteroatoms. The highest BCUT2D eigenvalue weighted by Gasteiger charge is 2.16. The first-order valence-corrected chi connectivity index (χ1v) is 7.02. The minimum absolute atomic E-state index is 0.178. The zero-order valence-electron chi connectivity index (χ0n) is 11.0. The molecule has 1 unspecified atom stereocenters. The molecule has 0 spiro atoms. The Labute approximate surface area is 121 Å². The van der Waals surface area contributed by atoms with Crippen molar-refractivity contribution in [2.24, 2.45) is 0 Å². The van der Waals surface area contributed by atoms with Gasteiger partial charge in [-0.05, 0) is 43.3 Å². The van der Waals surface area contributed by atoms with Crippen LogP contribution in [0.4, 0.5) is 15.8 Å². The fraction of sp³-hybridized carbons (Fsp3) is 0.133. The number of benzene rings is 2. The van der Waals surface area contributed by atoms with Crippen molar-refractivity contribution in [3.8, 4) is 0 Å². The van der Waals surface area contributed by atoms with Gasteiger partial charge in [-0.1, -0.05) is 12.1 Å². The summed E-state index contributed by atoms with van der Waals surface area (Å²) in [5.41, 5.74) is 6.88. The molecular weight excluding hydrogens is 275 g/mol. The van der Waals surface area contributed by atoms with E-state index in [2.05, 4.69) is 5.32 Å². The first kappa shape index (κ1) is 14.4. The summed E-state index contributed by atoms with van der Waals surface area (Å²) in [6.45, 7) is 1.74. The van der Waals surface area contributed by atoms with Crippen molar-refractivity contribution in [1.82, 2.24) is 0 Å². The second-order valence-electron chi connectivity index (χ2n) is 4.30. The van der Waals surface area contributed by atoms with Gasteiger partial charge in [0.2, 0.25) is 5.91 Å². The Morgan fingerprint density at radius 2 is 1.85 bits per heavy atom. The molecule has 0 radical (unpaired) electrons. The van der Waals surface area contributed by atoms with Crippen LogP contribution in [0, 0.1) is 5.82 Å². The Balaban J connectivity index is 1.99. The van der Waals surface area contributed by atoms with E-state index in [0.717, 1.165) is 0 Å². The molecule has 0 saturated heterocycles. The van der Waals surface area contributed by atoms with Crippen molar-refractivity contribution < 1.29 is 9.18 Å². The molecule has 0 aromatic heterocycles. The van der Waals surface area contributed by atoms with Gasteiger partial charge in [0.1, 0.15) is 5.82 Å². The molecule has 0 aliphatic rings. The summed E-state index contributed by atoms with van der Waals surface area (Å²) in [4.78, 5) is 12.5. The van der Waals surface area contributed by atoms with Crippen molar-refractivity contribution in [1.29, 1.82) is 0 Å². The van der Waals surface area contributed by atoms with Gasteiger partial charge in [0.05, 0.1) is 5.25 Å². The number of amides is 1. The third-order valence-electron chi connectivity index (χ3n) is 2.69. The second kappa shape index (κ2) is 6.43. The molecule has 1 atom stereocenters. The number of nitrogen functional groups attached to an aromatic ring is 1. The molecule has 2 rings (SSSR count). The Kier molecular flexibility index (Phi) is 4.63. The van der Waals surface area contributed by atoms with Gasteiger partial charge < -0.3 is 11.1 Å². The van der Waals surface area contributed by atoms with E-state index in [1.165, 1.54) is 17.8 Å². The molecule has 2 aromatic carbocycles. The second-order valence-corrected chi connectivity index (χ2v) is 5.68. The van der Waals surface area contributed by atoms with Gasteiger partial charge >= 0.3 is 0 Å². The zero-order chi connectivity index (χ0) is 14.5. The number of carbonyl (C=O) groups is 1.